The lowest BCUT2D eigenvalue weighted by atomic mass is 10.1. The van der Waals surface area contributed by atoms with Gasteiger partial charge in [-0.2, -0.15) is 0 Å². The van der Waals surface area contributed by atoms with Crippen LogP contribution in [0.5, 0.6) is 0 Å². The Morgan fingerprint density at radius 1 is 1.19 bits per heavy atom. The maximum atomic E-state index is 12.4. The van der Waals surface area contributed by atoms with Crippen molar-refractivity contribution in [2.75, 3.05) is 5.32 Å². The molecule has 5 rings (SSSR count). The number of hydrogen-bond acceptors (Lipinski definition) is 2. The fraction of sp³-hybridized carbons (Fsp3) is 0.0588. The van der Waals surface area contributed by atoms with Crippen LogP contribution in [0.25, 0.3) is 11.0 Å². The average molecular weight is 273 g/mol. The number of benzene rings is 1. The second kappa shape index (κ2) is 3.61. The summed E-state index contributed by atoms with van der Waals surface area (Å²) < 4.78 is 0. The van der Waals surface area contributed by atoms with Gasteiger partial charge in [0.25, 0.3) is 5.91 Å². The molecule has 1 aromatic heterocycles. The average Bonchev–Trinajstić information content (AvgIpc) is 2.86. The maximum Gasteiger partial charge on any atom is 0.258 e. The molecule has 21 heavy (non-hydrogen) atoms. The van der Waals surface area contributed by atoms with E-state index in [0.29, 0.717) is 5.95 Å². The number of H-pyrrole nitrogens is 1. The van der Waals surface area contributed by atoms with E-state index in [1.807, 2.05) is 36.4 Å². The summed E-state index contributed by atoms with van der Waals surface area (Å²) in [5.74, 6) is 0.369. The second-order valence-electron chi connectivity index (χ2n) is 5.46. The SMILES string of the molecule is O=C(Nc1nc2ccccc2[nH]1)C1=C2C=C3CC3=C2C=C1. The smallest absolute Gasteiger partial charge is 0.258 e. The van der Waals surface area contributed by atoms with Crippen LogP contribution < -0.4 is 5.32 Å². The van der Waals surface area contributed by atoms with E-state index < -0.39 is 0 Å². The van der Waals surface area contributed by atoms with E-state index in [-0.39, 0.29) is 5.91 Å². The van der Waals surface area contributed by atoms with Gasteiger partial charge in [-0.1, -0.05) is 18.2 Å². The Labute approximate surface area is 120 Å². The van der Waals surface area contributed by atoms with Crippen LogP contribution in [-0.4, -0.2) is 15.9 Å². The number of aromatic amines is 1. The van der Waals surface area contributed by atoms with E-state index in [2.05, 4.69) is 21.4 Å². The number of anilines is 1. The van der Waals surface area contributed by atoms with E-state index in [4.69, 9.17) is 0 Å². The molecule has 0 aliphatic heterocycles. The van der Waals surface area contributed by atoms with Crippen molar-refractivity contribution >= 4 is 22.9 Å². The third kappa shape index (κ3) is 1.50. The van der Waals surface area contributed by atoms with Gasteiger partial charge in [-0.15, -0.1) is 0 Å². The van der Waals surface area contributed by atoms with Crippen LogP contribution in [0.15, 0.2) is 70.4 Å². The Bertz CT molecular complexity index is 920. The number of carbonyl (C=O) groups is 1. The molecular formula is C17H11N3O. The van der Waals surface area contributed by atoms with Crippen LogP contribution in [-0.2, 0) is 4.79 Å². The van der Waals surface area contributed by atoms with Crippen LogP contribution in [0.4, 0.5) is 5.95 Å². The number of imidazole rings is 1. The summed E-state index contributed by atoms with van der Waals surface area (Å²) in [6, 6.07) is 7.71. The number of hydrogen-bond donors (Lipinski definition) is 2. The predicted octanol–water partition coefficient (Wildman–Crippen LogP) is 3.01. The van der Waals surface area contributed by atoms with Gasteiger partial charge in [-0.05, 0) is 53.0 Å². The Kier molecular flexibility index (Phi) is 1.86. The largest absolute Gasteiger partial charge is 0.324 e. The van der Waals surface area contributed by atoms with Crippen LogP contribution in [0, 0.1) is 0 Å². The minimum Gasteiger partial charge on any atom is -0.324 e. The third-order valence-corrected chi connectivity index (χ3v) is 4.14. The van der Waals surface area contributed by atoms with Crippen molar-refractivity contribution < 1.29 is 4.79 Å². The van der Waals surface area contributed by atoms with Gasteiger partial charge in [0.2, 0.25) is 5.95 Å². The van der Waals surface area contributed by atoms with Gasteiger partial charge in [0.1, 0.15) is 0 Å². The van der Waals surface area contributed by atoms with Crippen molar-refractivity contribution in [1.82, 2.24) is 9.97 Å². The monoisotopic (exact) mass is 273 g/mol. The van der Waals surface area contributed by atoms with Gasteiger partial charge in [-0.25, -0.2) is 4.98 Å². The first-order chi connectivity index (χ1) is 10.3. The quantitative estimate of drug-likeness (QED) is 0.883. The molecular weight excluding hydrogens is 262 g/mol. The Morgan fingerprint density at radius 3 is 3.00 bits per heavy atom. The van der Waals surface area contributed by atoms with Crippen LogP contribution in [0.1, 0.15) is 6.42 Å². The van der Waals surface area contributed by atoms with Gasteiger partial charge in [-0.3, -0.25) is 10.1 Å². The molecule has 4 nitrogen and oxygen atoms in total. The van der Waals surface area contributed by atoms with Gasteiger partial charge in [0.05, 0.1) is 11.0 Å². The number of fused-ring (bicyclic) bond motifs is 3. The predicted molar refractivity (Wildman–Crippen MR) is 80.6 cm³/mol. The normalized spacial score (nSPS) is 18.2. The van der Waals surface area contributed by atoms with Crippen LogP contribution >= 0.6 is 0 Å². The molecule has 1 saturated carbocycles. The number of nitrogens with zero attached hydrogens (tertiary/aromatic N) is 1. The minimum absolute atomic E-state index is 0.117. The molecule has 0 spiro atoms. The highest BCUT2D eigenvalue weighted by Crippen LogP contribution is 2.51. The van der Waals surface area contributed by atoms with Crippen molar-refractivity contribution in [1.29, 1.82) is 0 Å². The van der Waals surface area contributed by atoms with E-state index in [9.17, 15) is 4.79 Å². The van der Waals surface area contributed by atoms with E-state index >= 15 is 0 Å². The van der Waals surface area contributed by atoms with Crippen LogP contribution in [0.2, 0.25) is 0 Å². The molecule has 1 amide bonds. The highest BCUT2D eigenvalue weighted by Gasteiger charge is 2.35. The van der Waals surface area contributed by atoms with Gasteiger partial charge >= 0.3 is 0 Å². The number of amides is 1. The van der Waals surface area contributed by atoms with Crippen molar-refractivity contribution in [3.05, 3.63) is 70.4 Å². The first kappa shape index (κ1) is 10.9. The molecule has 3 aliphatic rings. The second-order valence-corrected chi connectivity index (χ2v) is 5.46. The molecule has 2 N–H and O–H groups in total. The van der Waals surface area contributed by atoms with E-state index in [0.717, 1.165) is 28.6 Å². The van der Waals surface area contributed by atoms with E-state index in [1.54, 1.807) is 0 Å². The van der Waals surface area contributed by atoms with Crippen LogP contribution in [0.3, 0.4) is 0 Å². The third-order valence-electron chi connectivity index (χ3n) is 4.14. The van der Waals surface area contributed by atoms with E-state index in [1.165, 1.54) is 16.7 Å². The van der Waals surface area contributed by atoms with Gasteiger partial charge in [0.15, 0.2) is 0 Å². The summed E-state index contributed by atoms with van der Waals surface area (Å²) >= 11 is 0. The highest BCUT2D eigenvalue weighted by molar-refractivity contribution is 6.09. The molecule has 0 bridgehead atoms. The lowest BCUT2D eigenvalue weighted by molar-refractivity contribution is -0.112. The first-order valence-electron chi connectivity index (χ1n) is 6.92. The number of nitrogens with one attached hydrogen (secondary N) is 2. The van der Waals surface area contributed by atoms with Crippen molar-refractivity contribution in [2.24, 2.45) is 0 Å². The number of allylic oxidation sites excluding steroid dienone is 6. The molecule has 1 heterocycles. The zero-order valence-electron chi connectivity index (χ0n) is 11.1. The van der Waals surface area contributed by atoms with Gasteiger partial charge in [0, 0.05) is 5.57 Å². The molecule has 0 radical (unpaired) electrons. The molecule has 2 aromatic rings. The molecule has 100 valence electrons. The molecule has 3 aliphatic carbocycles. The number of rotatable bonds is 2. The molecule has 1 aromatic carbocycles. The fourth-order valence-corrected chi connectivity index (χ4v) is 3.02. The topological polar surface area (TPSA) is 57.8 Å². The summed E-state index contributed by atoms with van der Waals surface area (Å²) in [5.41, 5.74) is 7.53. The zero-order valence-corrected chi connectivity index (χ0v) is 11.1. The standard InChI is InChI=1S/C17H11N3O/c21-16(11-6-5-10-12-7-9(12)8-13(10)11)20-17-18-14-3-1-2-4-15(14)19-17/h1-6,8H,7H2,(H2,18,19,20,21). The Morgan fingerprint density at radius 2 is 2.10 bits per heavy atom. The number of aromatic nitrogens is 2. The summed E-state index contributed by atoms with van der Waals surface area (Å²) in [6.45, 7) is 0. The van der Waals surface area contributed by atoms with Crippen molar-refractivity contribution in [3.8, 4) is 0 Å². The zero-order chi connectivity index (χ0) is 14.0. The van der Waals surface area contributed by atoms with Gasteiger partial charge < -0.3 is 4.98 Å². The Hall–Kier alpha value is -2.88. The molecule has 0 saturated heterocycles. The van der Waals surface area contributed by atoms with Crippen molar-refractivity contribution in [2.45, 2.75) is 6.42 Å². The Balaban J connectivity index is 1.48. The lowest BCUT2D eigenvalue weighted by Crippen LogP contribution is -2.14. The number of para-hydroxylation sites is 2. The summed E-state index contributed by atoms with van der Waals surface area (Å²) in [7, 11) is 0. The summed E-state index contributed by atoms with van der Waals surface area (Å²) in [6.07, 6.45) is 7.13. The molecule has 0 unspecified atom stereocenters. The maximum absolute atomic E-state index is 12.4. The minimum atomic E-state index is -0.117. The molecule has 1 fully saturated rings. The van der Waals surface area contributed by atoms with Crippen molar-refractivity contribution in [3.63, 3.8) is 0 Å². The molecule has 0 atom stereocenters. The first-order valence-corrected chi connectivity index (χ1v) is 6.92. The molecule has 4 heteroatoms. The fourth-order valence-electron chi connectivity index (χ4n) is 3.02. The number of carbonyl (C=O) groups excluding carboxylic acids is 1. The summed E-state index contributed by atoms with van der Waals surface area (Å²) in [5, 5.41) is 2.85. The highest BCUT2D eigenvalue weighted by atomic mass is 16.1. The summed E-state index contributed by atoms with van der Waals surface area (Å²) in [4.78, 5) is 19.9. The lowest BCUT2D eigenvalue weighted by Gasteiger charge is -2.03.